The highest BCUT2D eigenvalue weighted by Crippen LogP contribution is 2.34. The molecule has 3 aromatic heterocycles. The summed E-state index contributed by atoms with van der Waals surface area (Å²) in [7, 11) is 0. The number of aryl methyl sites for hydroxylation is 1. The van der Waals surface area contributed by atoms with Crippen molar-refractivity contribution >= 4 is 38.8 Å². The summed E-state index contributed by atoms with van der Waals surface area (Å²) in [6.07, 6.45) is 1.46. The molecule has 1 N–H and O–H groups in total. The average Bonchev–Trinajstić information content (AvgIpc) is 3.31. The van der Waals surface area contributed by atoms with Crippen LogP contribution in [0.1, 0.15) is 23.4 Å². The van der Waals surface area contributed by atoms with E-state index in [0.717, 1.165) is 16.0 Å². The van der Waals surface area contributed by atoms with Crippen LogP contribution in [0.25, 0.3) is 20.7 Å². The number of nitrogens with zero attached hydrogens (tertiary/aromatic N) is 2. The van der Waals surface area contributed by atoms with Gasteiger partial charge in [-0.1, -0.05) is 30.3 Å². The second-order valence-corrected chi connectivity index (χ2v) is 8.76. The van der Waals surface area contributed by atoms with Crippen molar-refractivity contribution in [1.82, 2.24) is 14.9 Å². The molecule has 4 aromatic rings. The second kappa shape index (κ2) is 7.69. The molecule has 0 saturated carbocycles. The number of amides is 1. The van der Waals surface area contributed by atoms with Gasteiger partial charge in [-0.15, -0.1) is 22.7 Å². The number of hydrogen-bond donors (Lipinski definition) is 1. The molecular formula is C21H19N3O2S2. The van der Waals surface area contributed by atoms with E-state index in [4.69, 9.17) is 0 Å². The van der Waals surface area contributed by atoms with E-state index in [9.17, 15) is 9.59 Å². The van der Waals surface area contributed by atoms with E-state index in [-0.39, 0.29) is 24.1 Å². The van der Waals surface area contributed by atoms with Crippen LogP contribution in [0.15, 0.2) is 59.0 Å². The molecular weight excluding hydrogens is 390 g/mol. The summed E-state index contributed by atoms with van der Waals surface area (Å²) in [6.45, 7) is 3.91. The molecule has 0 unspecified atom stereocenters. The number of rotatable bonds is 5. The van der Waals surface area contributed by atoms with Crippen molar-refractivity contribution in [3.05, 3.63) is 75.0 Å². The Hall–Kier alpha value is -2.77. The van der Waals surface area contributed by atoms with Crippen molar-refractivity contribution in [3.63, 3.8) is 0 Å². The van der Waals surface area contributed by atoms with Gasteiger partial charge in [0, 0.05) is 20.7 Å². The minimum Gasteiger partial charge on any atom is -0.348 e. The lowest BCUT2D eigenvalue weighted by atomic mass is 10.1. The molecule has 142 valence electrons. The van der Waals surface area contributed by atoms with Gasteiger partial charge in [0.25, 0.3) is 5.56 Å². The van der Waals surface area contributed by atoms with Gasteiger partial charge in [0.1, 0.15) is 11.4 Å². The first-order valence-corrected chi connectivity index (χ1v) is 10.6. The largest absolute Gasteiger partial charge is 0.348 e. The van der Waals surface area contributed by atoms with Gasteiger partial charge in [-0.2, -0.15) is 0 Å². The fourth-order valence-corrected chi connectivity index (χ4v) is 4.97. The van der Waals surface area contributed by atoms with Gasteiger partial charge in [0.05, 0.1) is 17.8 Å². The molecule has 0 aliphatic carbocycles. The molecule has 0 saturated heterocycles. The maximum Gasteiger partial charge on any atom is 0.263 e. The number of aromatic nitrogens is 2. The van der Waals surface area contributed by atoms with Crippen LogP contribution in [-0.2, 0) is 11.3 Å². The summed E-state index contributed by atoms with van der Waals surface area (Å²) in [5, 5.41) is 5.49. The standard InChI is InChI=1S/C21H19N3O2S2/c1-13-8-9-17(28-13)16-11-27-20-19(16)21(26)24(12-22-20)10-18(25)23-14(2)15-6-4-3-5-7-15/h3-9,11-12,14H,10H2,1-2H3,(H,23,25)/t14-/m0/s1. The highest BCUT2D eigenvalue weighted by molar-refractivity contribution is 7.19. The molecule has 7 heteroatoms. The van der Waals surface area contributed by atoms with Gasteiger partial charge >= 0.3 is 0 Å². The Morgan fingerprint density at radius 2 is 2.00 bits per heavy atom. The van der Waals surface area contributed by atoms with Crippen molar-refractivity contribution in [2.75, 3.05) is 0 Å². The van der Waals surface area contributed by atoms with Crippen LogP contribution in [0.3, 0.4) is 0 Å². The van der Waals surface area contributed by atoms with Gasteiger partial charge in [-0.25, -0.2) is 4.98 Å². The van der Waals surface area contributed by atoms with Crippen LogP contribution in [0.2, 0.25) is 0 Å². The maximum absolute atomic E-state index is 13.0. The summed E-state index contributed by atoms with van der Waals surface area (Å²) in [4.78, 5) is 32.8. The lowest BCUT2D eigenvalue weighted by molar-refractivity contribution is -0.122. The molecule has 5 nitrogen and oxygen atoms in total. The molecule has 1 atom stereocenters. The van der Waals surface area contributed by atoms with Crippen molar-refractivity contribution < 1.29 is 4.79 Å². The van der Waals surface area contributed by atoms with E-state index in [1.54, 1.807) is 11.3 Å². The Morgan fingerprint density at radius 1 is 1.21 bits per heavy atom. The molecule has 1 amide bonds. The summed E-state index contributed by atoms with van der Waals surface area (Å²) < 4.78 is 1.38. The van der Waals surface area contributed by atoms with Crippen molar-refractivity contribution in [2.24, 2.45) is 0 Å². The first-order chi connectivity index (χ1) is 13.5. The minimum atomic E-state index is -0.219. The Labute approximate surface area is 170 Å². The number of nitrogens with one attached hydrogen (secondary N) is 1. The van der Waals surface area contributed by atoms with E-state index >= 15 is 0 Å². The van der Waals surface area contributed by atoms with E-state index in [1.165, 1.54) is 27.1 Å². The first-order valence-electron chi connectivity index (χ1n) is 8.90. The molecule has 0 bridgehead atoms. The van der Waals surface area contributed by atoms with Crippen LogP contribution in [0.4, 0.5) is 0 Å². The van der Waals surface area contributed by atoms with E-state index < -0.39 is 0 Å². The quantitative estimate of drug-likeness (QED) is 0.532. The molecule has 3 heterocycles. The lowest BCUT2D eigenvalue weighted by Crippen LogP contribution is -2.33. The maximum atomic E-state index is 13.0. The first kappa shape index (κ1) is 18.6. The topological polar surface area (TPSA) is 64.0 Å². The summed E-state index contributed by atoms with van der Waals surface area (Å²) in [5.74, 6) is -0.219. The van der Waals surface area contributed by atoms with E-state index in [1.807, 2.05) is 61.7 Å². The molecule has 0 aliphatic rings. The normalized spacial score (nSPS) is 12.2. The van der Waals surface area contributed by atoms with Crippen LogP contribution >= 0.6 is 22.7 Å². The van der Waals surface area contributed by atoms with Gasteiger partial charge < -0.3 is 5.32 Å². The zero-order valence-corrected chi connectivity index (χ0v) is 17.1. The average molecular weight is 410 g/mol. The smallest absolute Gasteiger partial charge is 0.263 e. The number of thiophene rings is 2. The van der Waals surface area contributed by atoms with Crippen LogP contribution in [0.5, 0.6) is 0 Å². The van der Waals surface area contributed by atoms with E-state index in [0.29, 0.717) is 10.2 Å². The third-order valence-corrected chi connectivity index (χ3v) is 6.48. The van der Waals surface area contributed by atoms with Crippen molar-refractivity contribution in [3.8, 4) is 10.4 Å². The number of benzene rings is 1. The fourth-order valence-electron chi connectivity index (χ4n) is 3.11. The Balaban J connectivity index is 1.60. The molecule has 0 fully saturated rings. The number of hydrogen-bond acceptors (Lipinski definition) is 5. The minimum absolute atomic E-state index is 0.0578. The number of carbonyl (C=O) groups is 1. The molecule has 4 rings (SSSR count). The van der Waals surface area contributed by atoms with Crippen LogP contribution < -0.4 is 10.9 Å². The number of carbonyl (C=O) groups excluding carboxylic acids is 1. The molecule has 1 aromatic carbocycles. The van der Waals surface area contributed by atoms with Gasteiger partial charge in [-0.3, -0.25) is 14.2 Å². The molecule has 28 heavy (non-hydrogen) atoms. The molecule has 0 spiro atoms. The van der Waals surface area contributed by atoms with Gasteiger partial charge in [0.15, 0.2) is 0 Å². The Kier molecular flexibility index (Phi) is 5.11. The second-order valence-electron chi connectivity index (χ2n) is 6.62. The predicted octanol–water partition coefficient (Wildman–Crippen LogP) is 4.37. The summed E-state index contributed by atoms with van der Waals surface area (Å²) in [5.41, 5.74) is 1.72. The van der Waals surface area contributed by atoms with Crippen molar-refractivity contribution in [1.29, 1.82) is 0 Å². The predicted molar refractivity (Wildman–Crippen MR) is 115 cm³/mol. The lowest BCUT2D eigenvalue weighted by Gasteiger charge is -2.14. The van der Waals surface area contributed by atoms with Crippen molar-refractivity contribution in [2.45, 2.75) is 26.4 Å². The van der Waals surface area contributed by atoms with Gasteiger partial charge in [-0.05, 0) is 31.5 Å². The van der Waals surface area contributed by atoms with Gasteiger partial charge in [0.2, 0.25) is 5.91 Å². The highest BCUT2D eigenvalue weighted by Gasteiger charge is 2.16. The molecule has 0 radical (unpaired) electrons. The fraction of sp³-hybridized carbons (Fsp3) is 0.190. The van der Waals surface area contributed by atoms with Crippen LogP contribution in [-0.4, -0.2) is 15.5 Å². The number of fused-ring (bicyclic) bond motifs is 1. The summed E-state index contributed by atoms with van der Waals surface area (Å²) >= 11 is 3.10. The highest BCUT2D eigenvalue weighted by atomic mass is 32.1. The van der Waals surface area contributed by atoms with E-state index in [2.05, 4.69) is 10.3 Å². The third-order valence-electron chi connectivity index (χ3n) is 4.56. The zero-order chi connectivity index (χ0) is 19.7. The third kappa shape index (κ3) is 3.63. The SMILES string of the molecule is Cc1ccc(-c2csc3ncn(CC(=O)N[C@@H](C)c4ccccc4)c(=O)c23)s1. The monoisotopic (exact) mass is 409 g/mol. The van der Waals surface area contributed by atoms with Crippen LogP contribution in [0, 0.1) is 6.92 Å². The Morgan fingerprint density at radius 3 is 2.71 bits per heavy atom. The Bertz CT molecular complexity index is 1190. The molecule has 0 aliphatic heterocycles. The zero-order valence-electron chi connectivity index (χ0n) is 15.5. The summed E-state index contributed by atoms with van der Waals surface area (Å²) in [6, 6.07) is 13.7.